The van der Waals surface area contributed by atoms with Crippen molar-refractivity contribution in [1.29, 1.82) is 0 Å². The SMILES string of the molecule is CCOC(=O)C1=CC[C@@H]2CCC1C2. The Morgan fingerprint density at radius 2 is 2.46 bits per heavy atom. The van der Waals surface area contributed by atoms with Crippen LogP contribution in [0.5, 0.6) is 0 Å². The summed E-state index contributed by atoms with van der Waals surface area (Å²) < 4.78 is 5.02. The van der Waals surface area contributed by atoms with Crippen LogP contribution < -0.4 is 0 Å². The molecule has 1 saturated carbocycles. The number of allylic oxidation sites excluding steroid dienone is 1. The van der Waals surface area contributed by atoms with Crippen molar-refractivity contribution >= 4 is 5.97 Å². The van der Waals surface area contributed by atoms with Crippen molar-refractivity contribution < 1.29 is 9.53 Å². The first kappa shape index (κ1) is 8.79. The topological polar surface area (TPSA) is 26.3 Å². The minimum atomic E-state index is -0.0761. The minimum Gasteiger partial charge on any atom is -0.463 e. The molecular weight excluding hydrogens is 164 g/mol. The number of carbonyl (C=O) groups excluding carboxylic acids is 1. The fraction of sp³-hybridized carbons (Fsp3) is 0.727. The van der Waals surface area contributed by atoms with E-state index in [0.29, 0.717) is 12.5 Å². The third-order valence-electron chi connectivity index (χ3n) is 3.16. The van der Waals surface area contributed by atoms with Crippen molar-refractivity contribution in [2.75, 3.05) is 6.61 Å². The van der Waals surface area contributed by atoms with Crippen molar-refractivity contribution in [3.05, 3.63) is 11.6 Å². The Morgan fingerprint density at radius 3 is 3.23 bits per heavy atom. The van der Waals surface area contributed by atoms with Crippen molar-refractivity contribution in [2.24, 2.45) is 11.8 Å². The van der Waals surface area contributed by atoms with Crippen LogP contribution >= 0.6 is 0 Å². The molecule has 0 aromatic rings. The summed E-state index contributed by atoms with van der Waals surface area (Å²) >= 11 is 0. The summed E-state index contributed by atoms with van der Waals surface area (Å²) in [6.45, 7) is 2.35. The molecule has 0 spiro atoms. The van der Waals surface area contributed by atoms with E-state index >= 15 is 0 Å². The molecule has 2 aliphatic rings. The number of esters is 1. The Kier molecular flexibility index (Phi) is 2.38. The summed E-state index contributed by atoms with van der Waals surface area (Å²) in [6.07, 6.45) is 6.89. The Hall–Kier alpha value is -0.790. The van der Waals surface area contributed by atoms with Crippen molar-refractivity contribution in [1.82, 2.24) is 0 Å². The largest absolute Gasteiger partial charge is 0.463 e. The molecule has 0 aliphatic heterocycles. The summed E-state index contributed by atoms with van der Waals surface area (Å²) in [4.78, 5) is 11.5. The lowest BCUT2D eigenvalue weighted by Gasteiger charge is -2.18. The predicted octanol–water partition coefficient (Wildman–Crippen LogP) is 2.30. The maximum absolute atomic E-state index is 11.5. The maximum atomic E-state index is 11.5. The Bertz CT molecular complexity index is 242. The van der Waals surface area contributed by atoms with Gasteiger partial charge in [0.1, 0.15) is 0 Å². The lowest BCUT2D eigenvalue weighted by atomic mass is 9.88. The normalized spacial score (nSPS) is 31.3. The van der Waals surface area contributed by atoms with Crippen LogP contribution in [0.1, 0.15) is 32.6 Å². The van der Waals surface area contributed by atoms with Gasteiger partial charge in [0, 0.05) is 5.57 Å². The molecular formula is C11H16O2. The molecule has 2 nitrogen and oxygen atoms in total. The van der Waals surface area contributed by atoms with Gasteiger partial charge in [-0.05, 0) is 44.4 Å². The molecule has 1 unspecified atom stereocenters. The summed E-state index contributed by atoms with van der Waals surface area (Å²) in [5, 5.41) is 0. The van der Waals surface area contributed by atoms with Gasteiger partial charge in [0.25, 0.3) is 0 Å². The lowest BCUT2D eigenvalue weighted by Crippen LogP contribution is -2.17. The van der Waals surface area contributed by atoms with Gasteiger partial charge in [-0.25, -0.2) is 4.79 Å². The van der Waals surface area contributed by atoms with Crippen LogP contribution in [-0.2, 0) is 9.53 Å². The maximum Gasteiger partial charge on any atom is 0.333 e. The van der Waals surface area contributed by atoms with E-state index in [0.717, 1.165) is 17.9 Å². The fourth-order valence-corrected chi connectivity index (χ4v) is 2.50. The number of carbonyl (C=O) groups is 1. The average Bonchev–Trinajstić information content (AvgIpc) is 2.48. The van der Waals surface area contributed by atoms with Crippen LogP contribution in [0.3, 0.4) is 0 Å². The molecule has 13 heavy (non-hydrogen) atoms. The molecule has 2 atom stereocenters. The highest BCUT2D eigenvalue weighted by Crippen LogP contribution is 2.42. The zero-order chi connectivity index (χ0) is 9.26. The number of fused-ring (bicyclic) bond motifs is 2. The Morgan fingerprint density at radius 1 is 1.62 bits per heavy atom. The van der Waals surface area contributed by atoms with E-state index in [-0.39, 0.29) is 5.97 Å². The monoisotopic (exact) mass is 180 g/mol. The highest BCUT2D eigenvalue weighted by atomic mass is 16.5. The van der Waals surface area contributed by atoms with Crippen LogP contribution in [0, 0.1) is 11.8 Å². The zero-order valence-corrected chi connectivity index (χ0v) is 8.08. The molecule has 2 aliphatic carbocycles. The van der Waals surface area contributed by atoms with E-state index in [1.54, 1.807) is 0 Å². The quantitative estimate of drug-likeness (QED) is 0.609. The van der Waals surface area contributed by atoms with Gasteiger partial charge in [-0.1, -0.05) is 6.08 Å². The molecule has 0 radical (unpaired) electrons. The lowest BCUT2D eigenvalue weighted by molar-refractivity contribution is -0.139. The van der Waals surface area contributed by atoms with Crippen LogP contribution in [-0.4, -0.2) is 12.6 Å². The highest BCUT2D eigenvalue weighted by molar-refractivity contribution is 5.89. The van der Waals surface area contributed by atoms with Gasteiger partial charge in [-0.15, -0.1) is 0 Å². The van der Waals surface area contributed by atoms with Crippen LogP contribution in [0.2, 0.25) is 0 Å². The molecule has 72 valence electrons. The summed E-state index contributed by atoms with van der Waals surface area (Å²) in [7, 11) is 0. The smallest absolute Gasteiger partial charge is 0.333 e. The molecule has 1 fully saturated rings. The third-order valence-corrected chi connectivity index (χ3v) is 3.16. The van der Waals surface area contributed by atoms with E-state index in [9.17, 15) is 4.79 Å². The van der Waals surface area contributed by atoms with E-state index in [1.807, 2.05) is 6.92 Å². The van der Waals surface area contributed by atoms with E-state index < -0.39 is 0 Å². The van der Waals surface area contributed by atoms with Crippen molar-refractivity contribution in [3.63, 3.8) is 0 Å². The summed E-state index contributed by atoms with van der Waals surface area (Å²) in [5.74, 6) is 1.29. The summed E-state index contributed by atoms with van der Waals surface area (Å²) in [6, 6.07) is 0. The molecule has 0 saturated heterocycles. The number of hydrogen-bond acceptors (Lipinski definition) is 2. The van der Waals surface area contributed by atoms with Crippen molar-refractivity contribution in [3.8, 4) is 0 Å². The number of ether oxygens (including phenoxy) is 1. The molecule has 2 heteroatoms. The van der Waals surface area contributed by atoms with Gasteiger partial charge in [0.2, 0.25) is 0 Å². The van der Waals surface area contributed by atoms with Gasteiger partial charge in [0.15, 0.2) is 0 Å². The fourth-order valence-electron chi connectivity index (χ4n) is 2.50. The molecule has 0 N–H and O–H groups in total. The van der Waals surface area contributed by atoms with Gasteiger partial charge < -0.3 is 4.74 Å². The van der Waals surface area contributed by atoms with E-state index in [2.05, 4.69) is 6.08 Å². The predicted molar refractivity (Wildman–Crippen MR) is 50.2 cm³/mol. The van der Waals surface area contributed by atoms with Gasteiger partial charge in [0.05, 0.1) is 6.61 Å². The summed E-state index contributed by atoms with van der Waals surface area (Å²) in [5.41, 5.74) is 0.954. The first-order chi connectivity index (χ1) is 6.31. The second-order valence-corrected chi connectivity index (χ2v) is 3.99. The number of rotatable bonds is 2. The average molecular weight is 180 g/mol. The standard InChI is InChI=1S/C11H16O2/c1-2-13-11(12)10-6-4-8-3-5-9(10)7-8/h6,8-9H,2-5,7H2,1H3/t8-,9?/m0/s1. The van der Waals surface area contributed by atoms with E-state index in [4.69, 9.17) is 4.74 Å². The van der Waals surface area contributed by atoms with Crippen LogP contribution in [0.15, 0.2) is 11.6 Å². The molecule has 0 aromatic carbocycles. The highest BCUT2D eigenvalue weighted by Gasteiger charge is 2.33. The second-order valence-electron chi connectivity index (χ2n) is 3.99. The van der Waals surface area contributed by atoms with E-state index in [1.165, 1.54) is 19.3 Å². The Labute approximate surface area is 79.0 Å². The second kappa shape index (κ2) is 3.52. The molecule has 2 bridgehead atoms. The van der Waals surface area contributed by atoms with Gasteiger partial charge >= 0.3 is 5.97 Å². The molecule has 2 rings (SSSR count). The van der Waals surface area contributed by atoms with Crippen LogP contribution in [0.4, 0.5) is 0 Å². The van der Waals surface area contributed by atoms with Crippen LogP contribution in [0.25, 0.3) is 0 Å². The molecule has 0 amide bonds. The first-order valence-corrected chi connectivity index (χ1v) is 5.18. The third kappa shape index (κ3) is 1.62. The molecule has 0 aromatic heterocycles. The van der Waals surface area contributed by atoms with Gasteiger partial charge in [-0.2, -0.15) is 0 Å². The number of hydrogen-bond donors (Lipinski definition) is 0. The van der Waals surface area contributed by atoms with Crippen molar-refractivity contribution in [2.45, 2.75) is 32.6 Å². The minimum absolute atomic E-state index is 0.0761. The zero-order valence-electron chi connectivity index (χ0n) is 8.08. The van der Waals surface area contributed by atoms with Gasteiger partial charge in [-0.3, -0.25) is 0 Å². The first-order valence-electron chi connectivity index (χ1n) is 5.18. The molecule has 0 heterocycles. The Balaban J connectivity index is 2.06.